The summed E-state index contributed by atoms with van der Waals surface area (Å²) in [6.07, 6.45) is 3.84. The van der Waals surface area contributed by atoms with Crippen LogP contribution >= 0.6 is 11.6 Å². The van der Waals surface area contributed by atoms with E-state index in [4.69, 9.17) is 16.3 Å². The molecule has 0 aliphatic heterocycles. The Bertz CT molecular complexity index is 1180. The number of methoxy groups -OCH3 is 1. The Kier molecular flexibility index (Phi) is 6.58. The molecule has 158 valence electrons. The van der Waals surface area contributed by atoms with Crippen LogP contribution in [0.3, 0.4) is 0 Å². The highest BCUT2D eigenvalue weighted by atomic mass is 35.5. The van der Waals surface area contributed by atoms with Crippen molar-refractivity contribution in [1.82, 2.24) is 4.57 Å². The molecule has 0 fully saturated rings. The van der Waals surface area contributed by atoms with Gasteiger partial charge in [-0.2, -0.15) is 0 Å². The number of nitrogens with one attached hydrogen (secondary N) is 1. The highest BCUT2D eigenvalue weighted by Gasteiger charge is 2.08. The molecule has 31 heavy (non-hydrogen) atoms. The number of halogens is 1. The number of amides is 1. The van der Waals surface area contributed by atoms with Crippen LogP contribution in [0.4, 0.5) is 5.69 Å². The number of carbonyl (C=O) groups is 1. The first-order valence-corrected chi connectivity index (χ1v) is 10.9. The van der Waals surface area contributed by atoms with E-state index in [1.54, 1.807) is 7.11 Å². The van der Waals surface area contributed by atoms with Gasteiger partial charge in [0, 0.05) is 35.4 Å². The summed E-state index contributed by atoms with van der Waals surface area (Å²) in [6, 6.07) is 23.8. The van der Waals surface area contributed by atoms with Crippen LogP contribution < -0.4 is 10.1 Å². The highest BCUT2D eigenvalue weighted by molar-refractivity contribution is 6.17. The van der Waals surface area contributed by atoms with Crippen LogP contribution in [0.5, 0.6) is 5.75 Å². The quantitative estimate of drug-likeness (QED) is 0.341. The fourth-order valence-electron chi connectivity index (χ4n) is 3.72. The minimum absolute atomic E-state index is 0.126. The second kappa shape index (κ2) is 9.71. The number of carbonyl (C=O) groups excluding carboxylic acids is 1. The summed E-state index contributed by atoms with van der Waals surface area (Å²) in [5.74, 6) is 1.30. The molecule has 3 aromatic carbocycles. The van der Waals surface area contributed by atoms with Crippen molar-refractivity contribution in [3.63, 3.8) is 0 Å². The van der Waals surface area contributed by atoms with Crippen molar-refractivity contribution in [2.24, 2.45) is 0 Å². The van der Waals surface area contributed by atoms with Crippen LogP contribution in [-0.2, 0) is 13.0 Å². The van der Waals surface area contributed by atoms with Gasteiger partial charge in [-0.15, -0.1) is 11.6 Å². The number of aryl methyl sites for hydroxylation is 1. The zero-order valence-corrected chi connectivity index (χ0v) is 18.2. The summed E-state index contributed by atoms with van der Waals surface area (Å²) in [5, 5.41) is 4.16. The lowest BCUT2D eigenvalue weighted by Crippen LogP contribution is -2.12. The van der Waals surface area contributed by atoms with Crippen LogP contribution in [0.15, 0.2) is 79.0 Å². The molecule has 0 atom stereocenters. The molecule has 4 nitrogen and oxygen atoms in total. The maximum Gasteiger partial charge on any atom is 0.255 e. The van der Waals surface area contributed by atoms with E-state index >= 15 is 0 Å². The van der Waals surface area contributed by atoms with E-state index in [0.717, 1.165) is 36.4 Å². The summed E-state index contributed by atoms with van der Waals surface area (Å²) in [5.41, 5.74) is 4.92. The highest BCUT2D eigenvalue weighted by Crippen LogP contribution is 2.21. The van der Waals surface area contributed by atoms with Gasteiger partial charge in [0.25, 0.3) is 5.91 Å². The SMILES string of the molecule is COc1ccc(NC(=O)c2cccc(Cc3ccc4c(ccn4CCCCl)c3)c2)cc1. The average Bonchev–Trinajstić information content (AvgIpc) is 3.20. The van der Waals surface area contributed by atoms with E-state index in [2.05, 4.69) is 46.4 Å². The third kappa shape index (κ3) is 5.09. The molecule has 4 aromatic rings. The van der Waals surface area contributed by atoms with Gasteiger partial charge in [-0.3, -0.25) is 4.79 Å². The van der Waals surface area contributed by atoms with Crippen molar-refractivity contribution in [3.05, 3.63) is 95.7 Å². The standard InChI is InChI=1S/C26H25ClN2O2/c1-31-24-9-7-23(8-10-24)28-26(30)22-5-2-4-19(18-22)16-20-6-11-25-21(17-20)12-15-29(25)14-3-13-27/h2,4-12,15,17-18H,3,13-14,16H2,1H3,(H,28,30). The lowest BCUT2D eigenvalue weighted by atomic mass is 10.0. The van der Waals surface area contributed by atoms with Crippen molar-refractivity contribution in [2.75, 3.05) is 18.3 Å². The van der Waals surface area contributed by atoms with Gasteiger partial charge in [0.2, 0.25) is 0 Å². The number of hydrogen-bond donors (Lipinski definition) is 1. The molecule has 1 aromatic heterocycles. The fourth-order valence-corrected chi connectivity index (χ4v) is 3.84. The predicted octanol–water partition coefficient (Wildman–Crippen LogP) is 6.12. The van der Waals surface area contributed by atoms with Gasteiger partial charge < -0.3 is 14.6 Å². The third-order valence-corrected chi connectivity index (χ3v) is 5.58. The maximum absolute atomic E-state index is 12.7. The molecule has 0 aliphatic rings. The number of aromatic nitrogens is 1. The van der Waals surface area contributed by atoms with Gasteiger partial charge in [0.05, 0.1) is 7.11 Å². The Labute approximate surface area is 187 Å². The van der Waals surface area contributed by atoms with E-state index in [1.165, 1.54) is 16.5 Å². The van der Waals surface area contributed by atoms with Gasteiger partial charge >= 0.3 is 0 Å². The number of anilines is 1. The Balaban J connectivity index is 1.47. The minimum atomic E-state index is -0.126. The van der Waals surface area contributed by atoms with Gasteiger partial charge in [-0.1, -0.05) is 18.2 Å². The van der Waals surface area contributed by atoms with E-state index in [0.29, 0.717) is 11.4 Å². The molecule has 1 heterocycles. The van der Waals surface area contributed by atoms with Crippen molar-refractivity contribution in [3.8, 4) is 5.75 Å². The summed E-state index contributed by atoms with van der Waals surface area (Å²) in [6.45, 7) is 0.928. The first-order chi connectivity index (χ1) is 15.2. The second-order valence-electron chi connectivity index (χ2n) is 7.50. The molecule has 0 saturated carbocycles. The summed E-state index contributed by atoms with van der Waals surface area (Å²) < 4.78 is 7.40. The number of rotatable bonds is 8. The van der Waals surface area contributed by atoms with Crippen molar-refractivity contribution >= 4 is 34.1 Å². The molecule has 4 rings (SSSR count). The monoisotopic (exact) mass is 432 g/mol. The lowest BCUT2D eigenvalue weighted by Gasteiger charge is -2.09. The molecule has 0 unspecified atom stereocenters. The predicted molar refractivity (Wildman–Crippen MR) is 127 cm³/mol. The van der Waals surface area contributed by atoms with Crippen LogP contribution in [0.25, 0.3) is 10.9 Å². The van der Waals surface area contributed by atoms with E-state index < -0.39 is 0 Å². The van der Waals surface area contributed by atoms with E-state index in [1.807, 2.05) is 42.5 Å². The molecular weight excluding hydrogens is 408 g/mol. The number of fused-ring (bicyclic) bond motifs is 1. The first-order valence-electron chi connectivity index (χ1n) is 10.3. The molecule has 5 heteroatoms. The van der Waals surface area contributed by atoms with Gasteiger partial charge in [0.1, 0.15) is 5.75 Å². The van der Waals surface area contributed by atoms with Crippen LogP contribution in [0, 0.1) is 0 Å². The Morgan fingerprint density at radius 2 is 1.81 bits per heavy atom. The summed E-state index contributed by atoms with van der Waals surface area (Å²) in [7, 11) is 1.62. The zero-order valence-electron chi connectivity index (χ0n) is 17.5. The molecule has 0 bridgehead atoms. The Morgan fingerprint density at radius 1 is 1.00 bits per heavy atom. The maximum atomic E-state index is 12.7. The molecule has 1 amide bonds. The smallest absolute Gasteiger partial charge is 0.255 e. The number of benzene rings is 3. The molecule has 0 aliphatic carbocycles. The van der Waals surface area contributed by atoms with Gasteiger partial charge in [-0.05, 0) is 84.0 Å². The van der Waals surface area contributed by atoms with Gasteiger partial charge in [-0.25, -0.2) is 0 Å². The lowest BCUT2D eigenvalue weighted by molar-refractivity contribution is 0.102. The fraction of sp³-hybridized carbons (Fsp3) is 0.192. The molecule has 1 N–H and O–H groups in total. The van der Waals surface area contributed by atoms with Crippen LogP contribution in [0.1, 0.15) is 27.9 Å². The van der Waals surface area contributed by atoms with Crippen LogP contribution in [-0.4, -0.2) is 23.5 Å². The van der Waals surface area contributed by atoms with E-state index in [9.17, 15) is 4.79 Å². The zero-order chi connectivity index (χ0) is 21.6. The molecular formula is C26H25ClN2O2. The first kappa shape index (κ1) is 21.0. The number of ether oxygens (including phenoxy) is 1. The molecule has 0 radical (unpaired) electrons. The minimum Gasteiger partial charge on any atom is -0.497 e. The van der Waals surface area contributed by atoms with Crippen molar-refractivity contribution < 1.29 is 9.53 Å². The molecule has 0 saturated heterocycles. The summed E-state index contributed by atoms with van der Waals surface area (Å²) in [4.78, 5) is 12.7. The Morgan fingerprint density at radius 3 is 2.58 bits per heavy atom. The number of hydrogen-bond acceptors (Lipinski definition) is 2. The number of nitrogens with zero attached hydrogens (tertiary/aromatic N) is 1. The molecule has 0 spiro atoms. The number of alkyl halides is 1. The van der Waals surface area contributed by atoms with Crippen molar-refractivity contribution in [2.45, 2.75) is 19.4 Å². The topological polar surface area (TPSA) is 43.3 Å². The van der Waals surface area contributed by atoms with Crippen molar-refractivity contribution in [1.29, 1.82) is 0 Å². The van der Waals surface area contributed by atoms with Crippen LogP contribution in [0.2, 0.25) is 0 Å². The third-order valence-electron chi connectivity index (χ3n) is 5.31. The largest absolute Gasteiger partial charge is 0.497 e. The van der Waals surface area contributed by atoms with Gasteiger partial charge in [0.15, 0.2) is 0 Å². The summed E-state index contributed by atoms with van der Waals surface area (Å²) >= 11 is 5.83. The second-order valence-corrected chi connectivity index (χ2v) is 7.88. The normalized spacial score (nSPS) is 10.9. The Hall–Kier alpha value is -3.24. The van der Waals surface area contributed by atoms with E-state index in [-0.39, 0.29) is 5.91 Å². The average molecular weight is 433 g/mol.